The summed E-state index contributed by atoms with van der Waals surface area (Å²) in [5, 5.41) is 5.54. The third-order valence-corrected chi connectivity index (χ3v) is 3.18. The fourth-order valence-corrected chi connectivity index (χ4v) is 2.31. The van der Waals surface area contributed by atoms with Crippen molar-refractivity contribution in [3.05, 3.63) is 11.8 Å². The lowest BCUT2D eigenvalue weighted by atomic mass is 10.2. The lowest BCUT2D eigenvalue weighted by Gasteiger charge is -2.04. The minimum absolute atomic E-state index is 0.323. The van der Waals surface area contributed by atoms with Crippen LogP contribution >= 0.6 is 11.8 Å². The van der Waals surface area contributed by atoms with Gasteiger partial charge in [0, 0.05) is 13.1 Å². The number of thioether (sulfide) groups is 1. The zero-order valence-electron chi connectivity index (χ0n) is 9.16. The summed E-state index contributed by atoms with van der Waals surface area (Å²) in [6.45, 7) is 4.07. The number of nitrogens with two attached hydrogens (primary N) is 1. The van der Waals surface area contributed by atoms with Gasteiger partial charge in [0.15, 0.2) is 0 Å². The number of hydrogen-bond acceptors (Lipinski definition) is 3. The fourth-order valence-electron chi connectivity index (χ4n) is 1.30. The number of aryl methyl sites for hydroxylation is 2. The molecular weight excluding hydrogens is 194 g/mol. The molecule has 1 heterocycles. The second-order valence-corrected chi connectivity index (χ2v) is 4.83. The average Bonchev–Trinajstić information content (AvgIpc) is 2.39. The van der Waals surface area contributed by atoms with E-state index in [-0.39, 0.29) is 0 Å². The van der Waals surface area contributed by atoms with Gasteiger partial charge in [-0.1, -0.05) is 0 Å². The Bertz CT molecular complexity index is 281. The molecule has 1 rings (SSSR count). The van der Waals surface area contributed by atoms with Gasteiger partial charge in [0.2, 0.25) is 0 Å². The van der Waals surface area contributed by atoms with Crippen LogP contribution in [0.2, 0.25) is 0 Å². The standard InChI is InChI=1S/C10H19N3S/c1-8(11)5-4-6-14-10-7-9(2)12-13(10)3/h7-8H,4-6,11H2,1-3H3. The van der Waals surface area contributed by atoms with E-state index < -0.39 is 0 Å². The molecule has 0 saturated carbocycles. The lowest BCUT2D eigenvalue weighted by Crippen LogP contribution is -2.14. The van der Waals surface area contributed by atoms with Crippen LogP contribution in [0, 0.1) is 6.92 Å². The summed E-state index contributed by atoms with van der Waals surface area (Å²) in [5.74, 6) is 1.13. The summed E-state index contributed by atoms with van der Waals surface area (Å²) in [5.41, 5.74) is 6.76. The normalized spacial score (nSPS) is 13.1. The molecule has 0 radical (unpaired) electrons. The molecule has 0 spiro atoms. The Labute approximate surface area is 90.1 Å². The van der Waals surface area contributed by atoms with Crippen LogP contribution in [0.15, 0.2) is 11.1 Å². The SMILES string of the molecule is Cc1cc(SCCCC(C)N)n(C)n1. The Morgan fingerprint density at radius 1 is 1.64 bits per heavy atom. The number of rotatable bonds is 5. The van der Waals surface area contributed by atoms with Crippen LogP contribution in [0.25, 0.3) is 0 Å². The molecule has 0 bridgehead atoms. The molecule has 0 aliphatic heterocycles. The van der Waals surface area contributed by atoms with Crippen LogP contribution < -0.4 is 5.73 Å². The van der Waals surface area contributed by atoms with E-state index in [0.717, 1.165) is 17.9 Å². The van der Waals surface area contributed by atoms with Gasteiger partial charge >= 0.3 is 0 Å². The molecule has 0 amide bonds. The van der Waals surface area contributed by atoms with E-state index >= 15 is 0 Å². The molecule has 0 fully saturated rings. The first kappa shape index (κ1) is 11.6. The summed E-state index contributed by atoms with van der Waals surface area (Å²) < 4.78 is 1.94. The predicted octanol–water partition coefficient (Wildman–Crippen LogP) is 1.95. The second kappa shape index (κ2) is 5.41. The molecule has 0 aliphatic carbocycles. The molecule has 3 nitrogen and oxygen atoms in total. The first-order chi connectivity index (χ1) is 6.59. The minimum Gasteiger partial charge on any atom is -0.328 e. The first-order valence-electron chi connectivity index (χ1n) is 4.98. The molecule has 2 N–H and O–H groups in total. The second-order valence-electron chi connectivity index (χ2n) is 3.72. The largest absolute Gasteiger partial charge is 0.328 e. The highest BCUT2D eigenvalue weighted by atomic mass is 32.2. The third-order valence-electron chi connectivity index (χ3n) is 2.01. The maximum absolute atomic E-state index is 5.68. The lowest BCUT2D eigenvalue weighted by molar-refractivity contribution is 0.654. The van der Waals surface area contributed by atoms with Crippen molar-refractivity contribution in [2.24, 2.45) is 12.8 Å². The van der Waals surface area contributed by atoms with Crippen LogP contribution in [0.1, 0.15) is 25.5 Å². The summed E-state index contributed by atoms with van der Waals surface area (Å²) >= 11 is 1.85. The smallest absolute Gasteiger partial charge is 0.0939 e. The van der Waals surface area contributed by atoms with Gasteiger partial charge in [-0.15, -0.1) is 11.8 Å². The average molecular weight is 213 g/mol. The Kier molecular flexibility index (Phi) is 4.48. The van der Waals surface area contributed by atoms with Gasteiger partial charge in [-0.2, -0.15) is 5.10 Å². The monoisotopic (exact) mass is 213 g/mol. The highest BCUT2D eigenvalue weighted by Gasteiger charge is 2.02. The van der Waals surface area contributed by atoms with E-state index in [1.165, 1.54) is 11.4 Å². The van der Waals surface area contributed by atoms with Crippen molar-refractivity contribution in [3.63, 3.8) is 0 Å². The van der Waals surface area contributed by atoms with Crippen molar-refractivity contribution in [2.75, 3.05) is 5.75 Å². The summed E-state index contributed by atoms with van der Waals surface area (Å²) in [6.07, 6.45) is 2.27. The summed E-state index contributed by atoms with van der Waals surface area (Å²) in [7, 11) is 1.99. The Morgan fingerprint density at radius 2 is 2.36 bits per heavy atom. The molecular formula is C10H19N3S. The molecule has 1 aromatic rings. The third kappa shape index (κ3) is 3.72. The van der Waals surface area contributed by atoms with Gasteiger partial charge in [-0.05, 0) is 38.5 Å². The maximum Gasteiger partial charge on any atom is 0.0939 e. The van der Waals surface area contributed by atoms with E-state index in [9.17, 15) is 0 Å². The van der Waals surface area contributed by atoms with Crippen molar-refractivity contribution in [1.29, 1.82) is 0 Å². The molecule has 1 unspecified atom stereocenters. The van der Waals surface area contributed by atoms with E-state index in [0.29, 0.717) is 6.04 Å². The van der Waals surface area contributed by atoms with Crippen molar-refractivity contribution in [3.8, 4) is 0 Å². The summed E-state index contributed by atoms with van der Waals surface area (Å²) in [4.78, 5) is 0. The highest BCUT2D eigenvalue weighted by molar-refractivity contribution is 7.99. The van der Waals surface area contributed by atoms with Gasteiger partial charge in [-0.3, -0.25) is 4.68 Å². The Morgan fingerprint density at radius 3 is 2.86 bits per heavy atom. The van der Waals surface area contributed by atoms with Crippen molar-refractivity contribution in [1.82, 2.24) is 9.78 Å². The number of aromatic nitrogens is 2. The fraction of sp³-hybridized carbons (Fsp3) is 0.700. The van der Waals surface area contributed by atoms with Crippen molar-refractivity contribution in [2.45, 2.75) is 37.8 Å². The van der Waals surface area contributed by atoms with Crippen LogP contribution in [-0.2, 0) is 7.05 Å². The zero-order chi connectivity index (χ0) is 10.6. The molecule has 0 saturated heterocycles. The van der Waals surface area contributed by atoms with Crippen molar-refractivity contribution >= 4 is 11.8 Å². The van der Waals surface area contributed by atoms with E-state index in [4.69, 9.17) is 5.73 Å². The predicted molar refractivity (Wildman–Crippen MR) is 61.6 cm³/mol. The van der Waals surface area contributed by atoms with Gasteiger partial charge < -0.3 is 5.73 Å². The van der Waals surface area contributed by atoms with Crippen LogP contribution in [0.4, 0.5) is 0 Å². The minimum atomic E-state index is 0.323. The molecule has 1 atom stereocenters. The van der Waals surface area contributed by atoms with E-state index in [1.807, 2.05) is 30.4 Å². The zero-order valence-corrected chi connectivity index (χ0v) is 9.97. The summed E-state index contributed by atoms with van der Waals surface area (Å²) in [6, 6.07) is 2.44. The number of hydrogen-bond donors (Lipinski definition) is 1. The van der Waals surface area contributed by atoms with Gasteiger partial charge in [0.05, 0.1) is 10.7 Å². The number of nitrogens with zero attached hydrogens (tertiary/aromatic N) is 2. The maximum atomic E-state index is 5.68. The Hall–Kier alpha value is -0.480. The molecule has 4 heteroatoms. The van der Waals surface area contributed by atoms with Crippen LogP contribution in [0.5, 0.6) is 0 Å². The highest BCUT2D eigenvalue weighted by Crippen LogP contribution is 2.19. The first-order valence-corrected chi connectivity index (χ1v) is 5.97. The van der Waals surface area contributed by atoms with Gasteiger partial charge in [0.25, 0.3) is 0 Å². The van der Waals surface area contributed by atoms with Crippen LogP contribution in [0.3, 0.4) is 0 Å². The van der Waals surface area contributed by atoms with Crippen LogP contribution in [-0.4, -0.2) is 21.6 Å². The molecule has 14 heavy (non-hydrogen) atoms. The molecule has 80 valence electrons. The quantitative estimate of drug-likeness (QED) is 0.600. The van der Waals surface area contributed by atoms with Crippen molar-refractivity contribution < 1.29 is 0 Å². The molecule has 0 aliphatic rings. The van der Waals surface area contributed by atoms with E-state index in [2.05, 4.69) is 18.1 Å². The van der Waals surface area contributed by atoms with E-state index in [1.54, 1.807) is 0 Å². The molecule has 0 aromatic carbocycles. The Balaban J connectivity index is 2.28. The topological polar surface area (TPSA) is 43.8 Å². The van der Waals surface area contributed by atoms with Gasteiger partial charge in [-0.25, -0.2) is 0 Å². The molecule has 1 aromatic heterocycles. The van der Waals surface area contributed by atoms with Gasteiger partial charge in [0.1, 0.15) is 0 Å².